The van der Waals surface area contributed by atoms with Crippen molar-refractivity contribution in [1.82, 2.24) is 15.2 Å². The Kier molecular flexibility index (Phi) is 3.98. The van der Waals surface area contributed by atoms with Gasteiger partial charge in [-0.15, -0.1) is 11.3 Å². The first kappa shape index (κ1) is 13.5. The Labute approximate surface area is 122 Å². The van der Waals surface area contributed by atoms with Crippen LogP contribution in [0.3, 0.4) is 0 Å². The zero-order valence-corrected chi connectivity index (χ0v) is 12.4. The molecule has 1 atom stereocenters. The average molecular weight is 289 g/mol. The van der Waals surface area contributed by atoms with E-state index in [-0.39, 0.29) is 5.91 Å². The molecule has 0 aliphatic carbocycles. The molecule has 0 saturated carbocycles. The molecule has 20 heavy (non-hydrogen) atoms. The highest BCUT2D eigenvalue weighted by Crippen LogP contribution is 2.35. The van der Waals surface area contributed by atoms with Gasteiger partial charge >= 0.3 is 0 Å². The van der Waals surface area contributed by atoms with E-state index in [0.717, 1.165) is 29.9 Å². The molecule has 1 aliphatic rings. The molecule has 3 rings (SSSR count). The summed E-state index contributed by atoms with van der Waals surface area (Å²) < 4.78 is 1.23. The Morgan fingerprint density at radius 2 is 2.35 bits per heavy atom. The maximum Gasteiger partial charge on any atom is 0.234 e. The molecule has 1 saturated heterocycles. The van der Waals surface area contributed by atoms with Gasteiger partial charge in [-0.2, -0.15) is 0 Å². The Bertz CT molecular complexity index is 577. The van der Waals surface area contributed by atoms with Gasteiger partial charge in [-0.05, 0) is 38.4 Å². The number of fused-ring (bicyclic) bond motifs is 1. The Hall–Kier alpha value is -1.46. The molecule has 1 N–H and O–H groups in total. The third-order valence-electron chi connectivity index (χ3n) is 3.68. The molecule has 1 amide bonds. The molecule has 1 unspecified atom stereocenters. The molecule has 0 spiro atoms. The van der Waals surface area contributed by atoms with Crippen LogP contribution in [0.15, 0.2) is 24.3 Å². The van der Waals surface area contributed by atoms with Gasteiger partial charge in [-0.3, -0.25) is 9.69 Å². The number of rotatable bonds is 4. The highest BCUT2D eigenvalue weighted by atomic mass is 32.1. The summed E-state index contributed by atoms with van der Waals surface area (Å²) in [5.41, 5.74) is 1.07. The van der Waals surface area contributed by atoms with Crippen molar-refractivity contribution in [2.24, 2.45) is 0 Å². The molecule has 106 valence electrons. The van der Waals surface area contributed by atoms with Crippen molar-refractivity contribution in [3.63, 3.8) is 0 Å². The summed E-state index contributed by atoms with van der Waals surface area (Å²) in [6.07, 6.45) is 2.24. The van der Waals surface area contributed by atoms with E-state index in [0.29, 0.717) is 19.1 Å². The minimum absolute atomic E-state index is 0.112. The number of benzene rings is 1. The molecular formula is C15H19N3OS. The van der Waals surface area contributed by atoms with Crippen LogP contribution >= 0.6 is 11.3 Å². The molecule has 0 bridgehead atoms. The van der Waals surface area contributed by atoms with Crippen LogP contribution in [0.1, 0.15) is 30.8 Å². The molecule has 4 nitrogen and oxygen atoms in total. The second kappa shape index (κ2) is 5.89. The molecule has 1 aliphatic heterocycles. The fourth-order valence-electron chi connectivity index (χ4n) is 2.77. The lowest BCUT2D eigenvalue weighted by molar-refractivity contribution is -0.122. The number of likely N-dealkylation sites (N-methyl/N-ethyl adjacent to an activating group) is 1. The van der Waals surface area contributed by atoms with Crippen molar-refractivity contribution in [1.29, 1.82) is 0 Å². The van der Waals surface area contributed by atoms with Gasteiger partial charge in [0.05, 0.1) is 22.8 Å². The Morgan fingerprint density at radius 3 is 3.15 bits per heavy atom. The third kappa shape index (κ3) is 2.69. The van der Waals surface area contributed by atoms with Gasteiger partial charge in [-0.1, -0.05) is 12.1 Å². The normalized spacial score (nSPS) is 19.6. The highest BCUT2D eigenvalue weighted by Gasteiger charge is 2.29. The van der Waals surface area contributed by atoms with E-state index in [1.165, 1.54) is 4.70 Å². The molecule has 1 aromatic carbocycles. The predicted octanol–water partition coefficient (Wildman–Crippen LogP) is 2.57. The Balaban J connectivity index is 1.79. The maximum absolute atomic E-state index is 11.8. The topological polar surface area (TPSA) is 45.2 Å². The summed E-state index contributed by atoms with van der Waals surface area (Å²) in [5, 5.41) is 4.02. The molecule has 2 heterocycles. The monoisotopic (exact) mass is 289 g/mol. The molecule has 5 heteroatoms. The lowest BCUT2D eigenvalue weighted by atomic mass is 10.2. The predicted molar refractivity (Wildman–Crippen MR) is 81.9 cm³/mol. The van der Waals surface area contributed by atoms with E-state index < -0.39 is 0 Å². The number of para-hydroxylation sites is 1. The van der Waals surface area contributed by atoms with E-state index >= 15 is 0 Å². The fraction of sp³-hybridized carbons (Fsp3) is 0.467. The first-order valence-electron chi connectivity index (χ1n) is 7.14. The number of hydrogen-bond donors (Lipinski definition) is 1. The fourth-order valence-corrected chi connectivity index (χ4v) is 3.90. The van der Waals surface area contributed by atoms with E-state index in [2.05, 4.69) is 22.3 Å². The van der Waals surface area contributed by atoms with Gasteiger partial charge in [-0.25, -0.2) is 4.98 Å². The van der Waals surface area contributed by atoms with Crippen molar-refractivity contribution in [2.45, 2.75) is 25.8 Å². The van der Waals surface area contributed by atoms with Crippen molar-refractivity contribution in [2.75, 3.05) is 19.6 Å². The summed E-state index contributed by atoms with van der Waals surface area (Å²) in [6.45, 7) is 4.11. The minimum atomic E-state index is 0.112. The SMILES string of the molecule is CCNC(=O)CN1CCCC1c1nc2ccccc2s1. The van der Waals surface area contributed by atoms with Gasteiger partial charge in [0.25, 0.3) is 0 Å². The van der Waals surface area contributed by atoms with Crippen molar-refractivity contribution in [3.8, 4) is 0 Å². The van der Waals surface area contributed by atoms with E-state index in [1.807, 2.05) is 19.1 Å². The van der Waals surface area contributed by atoms with E-state index in [4.69, 9.17) is 4.98 Å². The summed E-state index contributed by atoms with van der Waals surface area (Å²) in [5.74, 6) is 0.112. The number of hydrogen-bond acceptors (Lipinski definition) is 4. The van der Waals surface area contributed by atoms with Crippen LogP contribution < -0.4 is 5.32 Å². The van der Waals surface area contributed by atoms with E-state index in [1.54, 1.807) is 11.3 Å². The van der Waals surface area contributed by atoms with Crippen LogP contribution in [0.5, 0.6) is 0 Å². The summed E-state index contributed by atoms with van der Waals surface area (Å²) >= 11 is 1.75. The molecular weight excluding hydrogens is 270 g/mol. The van der Waals surface area contributed by atoms with Crippen LogP contribution in [-0.2, 0) is 4.79 Å². The molecule has 2 aromatic rings. The van der Waals surface area contributed by atoms with Gasteiger partial charge in [0, 0.05) is 6.54 Å². The second-order valence-electron chi connectivity index (χ2n) is 5.10. The van der Waals surface area contributed by atoms with Crippen molar-refractivity contribution >= 4 is 27.5 Å². The lowest BCUT2D eigenvalue weighted by Crippen LogP contribution is -2.36. The van der Waals surface area contributed by atoms with Gasteiger partial charge in [0.2, 0.25) is 5.91 Å². The number of carbonyl (C=O) groups excluding carboxylic acids is 1. The Morgan fingerprint density at radius 1 is 1.50 bits per heavy atom. The largest absolute Gasteiger partial charge is 0.355 e. The molecule has 0 radical (unpaired) electrons. The number of thiazole rings is 1. The summed E-state index contributed by atoms with van der Waals surface area (Å²) in [6, 6.07) is 8.53. The average Bonchev–Trinajstić information content (AvgIpc) is 3.04. The number of nitrogens with zero attached hydrogens (tertiary/aromatic N) is 2. The van der Waals surface area contributed by atoms with Crippen LogP contribution in [0.2, 0.25) is 0 Å². The first-order valence-corrected chi connectivity index (χ1v) is 7.96. The number of nitrogens with one attached hydrogen (secondary N) is 1. The molecule has 1 aromatic heterocycles. The van der Waals surface area contributed by atoms with Crippen molar-refractivity contribution in [3.05, 3.63) is 29.3 Å². The zero-order valence-electron chi connectivity index (χ0n) is 11.6. The number of amides is 1. The van der Waals surface area contributed by atoms with Crippen LogP contribution in [0, 0.1) is 0 Å². The lowest BCUT2D eigenvalue weighted by Gasteiger charge is -2.21. The summed E-state index contributed by atoms with van der Waals surface area (Å²) in [7, 11) is 0. The first-order chi connectivity index (χ1) is 9.78. The van der Waals surface area contributed by atoms with Gasteiger partial charge < -0.3 is 5.32 Å². The number of likely N-dealkylation sites (tertiary alicyclic amines) is 1. The highest BCUT2D eigenvalue weighted by molar-refractivity contribution is 7.18. The van der Waals surface area contributed by atoms with Crippen LogP contribution in [0.4, 0.5) is 0 Å². The summed E-state index contributed by atoms with van der Waals surface area (Å²) in [4.78, 5) is 18.8. The minimum Gasteiger partial charge on any atom is -0.355 e. The van der Waals surface area contributed by atoms with Crippen molar-refractivity contribution < 1.29 is 4.79 Å². The van der Waals surface area contributed by atoms with Crippen LogP contribution in [-0.4, -0.2) is 35.4 Å². The zero-order chi connectivity index (χ0) is 13.9. The van der Waals surface area contributed by atoms with Crippen LogP contribution in [0.25, 0.3) is 10.2 Å². The number of aromatic nitrogens is 1. The second-order valence-corrected chi connectivity index (χ2v) is 6.16. The maximum atomic E-state index is 11.8. The van der Waals surface area contributed by atoms with E-state index in [9.17, 15) is 4.79 Å². The standard InChI is InChI=1S/C15H19N3OS/c1-2-16-14(19)10-18-9-5-7-12(18)15-17-11-6-3-4-8-13(11)20-15/h3-4,6,8,12H,2,5,7,9-10H2,1H3,(H,16,19). The molecule has 1 fully saturated rings. The third-order valence-corrected chi connectivity index (χ3v) is 4.82. The van der Waals surface area contributed by atoms with Gasteiger partial charge in [0.15, 0.2) is 0 Å². The van der Waals surface area contributed by atoms with Gasteiger partial charge in [0.1, 0.15) is 5.01 Å². The smallest absolute Gasteiger partial charge is 0.234 e. The quantitative estimate of drug-likeness (QED) is 0.941. The number of carbonyl (C=O) groups is 1.